The van der Waals surface area contributed by atoms with Gasteiger partial charge in [-0.05, 0) is 81.0 Å². The Morgan fingerprint density at radius 1 is 1.00 bits per heavy atom. The molecule has 4 aliphatic carbocycles. The summed E-state index contributed by atoms with van der Waals surface area (Å²) in [6.07, 6.45) is 8.53. The van der Waals surface area contributed by atoms with Gasteiger partial charge in [0.25, 0.3) is 10.1 Å². The van der Waals surface area contributed by atoms with Crippen molar-refractivity contribution in [1.29, 1.82) is 0 Å². The Morgan fingerprint density at radius 3 is 2.38 bits per heavy atom. The summed E-state index contributed by atoms with van der Waals surface area (Å²) < 4.78 is 33.1. The molecule has 1 N–H and O–H groups in total. The van der Waals surface area contributed by atoms with E-state index < -0.39 is 27.7 Å². The van der Waals surface area contributed by atoms with Gasteiger partial charge >= 0.3 is 5.97 Å². The molecule has 0 aromatic heterocycles. The molecule has 0 radical (unpaired) electrons. The summed E-state index contributed by atoms with van der Waals surface area (Å²) in [4.78, 5) is 24.4. The van der Waals surface area contributed by atoms with E-state index in [0.29, 0.717) is 24.7 Å². The van der Waals surface area contributed by atoms with E-state index in [1.807, 2.05) is 6.92 Å². The molecule has 0 aromatic rings. The fourth-order valence-electron chi connectivity index (χ4n) is 8.31. The predicted octanol–water partition coefficient (Wildman–Crippen LogP) is 3.24. The SMILES string of the molecule is CC(=O)O[C@H]1CC[C@@]2(C)C(CCC3C2CC[C@]2(C)[C@@H](C(=O)COS(C)(=O)=O)CC[C@]32O)C1. The molecule has 0 heterocycles. The van der Waals surface area contributed by atoms with Gasteiger partial charge in [0.1, 0.15) is 12.7 Å². The van der Waals surface area contributed by atoms with Crippen molar-refractivity contribution in [2.45, 2.75) is 90.3 Å². The third-order valence-corrected chi connectivity index (χ3v) is 10.5. The van der Waals surface area contributed by atoms with Gasteiger partial charge in [-0.3, -0.25) is 13.8 Å². The van der Waals surface area contributed by atoms with E-state index in [2.05, 4.69) is 6.92 Å². The van der Waals surface area contributed by atoms with Crippen LogP contribution in [0.4, 0.5) is 0 Å². The van der Waals surface area contributed by atoms with Gasteiger partial charge in [-0.25, -0.2) is 0 Å². The Morgan fingerprint density at radius 2 is 1.72 bits per heavy atom. The summed E-state index contributed by atoms with van der Waals surface area (Å²) in [7, 11) is -3.68. The topological polar surface area (TPSA) is 107 Å². The molecule has 8 heteroatoms. The first kappa shape index (κ1) is 24.1. The van der Waals surface area contributed by atoms with Gasteiger partial charge in [0.2, 0.25) is 0 Å². The average Bonchev–Trinajstić information content (AvgIpc) is 2.97. The van der Waals surface area contributed by atoms with Crippen LogP contribution in [0.2, 0.25) is 0 Å². The molecule has 0 saturated heterocycles. The van der Waals surface area contributed by atoms with E-state index in [9.17, 15) is 23.1 Å². The number of carbonyl (C=O) groups excluding carboxylic acids is 2. The molecule has 0 amide bonds. The van der Waals surface area contributed by atoms with E-state index in [-0.39, 0.29) is 35.1 Å². The van der Waals surface area contributed by atoms with Gasteiger partial charge < -0.3 is 9.84 Å². The number of ether oxygens (including phenoxy) is 1. The summed E-state index contributed by atoms with van der Waals surface area (Å²) in [5.41, 5.74) is -1.36. The van der Waals surface area contributed by atoms with Crippen molar-refractivity contribution in [1.82, 2.24) is 0 Å². The van der Waals surface area contributed by atoms with Crippen molar-refractivity contribution in [2.75, 3.05) is 12.9 Å². The molecule has 0 aromatic carbocycles. The van der Waals surface area contributed by atoms with E-state index in [0.717, 1.165) is 51.2 Å². The fourth-order valence-corrected chi connectivity index (χ4v) is 8.64. The molecule has 0 bridgehead atoms. The van der Waals surface area contributed by atoms with Crippen LogP contribution in [0.15, 0.2) is 0 Å². The van der Waals surface area contributed by atoms with Crippen molar-refractivity contribution in [2.24, 2.45) is 34.5 Å². The van der Waals surface area contributed by atoms with Crippen LogP contribution in [0.3, 0.4) is 0 Å². The second kappa shape index (κ2) is 8.05. The maximum Gasteiger partial charge on any atom is 0.302 e. The minimum Gasteiger partial charge on any atom is -0.463 e. The van der Waals surface area contributed by atoms with Crippen LogP contribution in [0.1, 0.15) is 78.6 Å². The number of hydrogen-bond acceptors (Lipinski definition) is 7. The van der Waals surface area contributed by atoms with Crippen LogP contribution >= 0.6 is 0 Å². The fraction of sp³-hybridized carbons (Fsp3) is 0.917. The lowest BCUT2D eigenvalue weighted by molar-refractivity contribution is -0.211. The van der Waals surface area contributed by atoms with E-state index in [1.54, 1.807) is 0 Å². The van der Waals surface area contributed by atoms with Crippen LogP contribution in [0.5, 0.6) is 0 Å². The molecule has 4 rings (SSSR count). The summed E-state index contributed by atoms with van der Waals surface area (Å²) >= 11 is 0. The lowest BCUT2D eigenvalue weighted by Gasteiger charge is -2.63. The van der Waals surface area contributed by atoms with Crippen molar-refractivity contribution < 1.29 is 32.0 Å². The first-order valence-corrected chi connectivity index (χ1v) is 13.9. The van der Waals surface area contributed by atoms with Gasteiger partial charge in [0.05, 0.1) is 11.9 Å². The summed E-state index contributed by atoms with van der Waals surface area (Å²) in [5, 5.41) is 12.1. The van der Waals surface area contributed by atoms with E-state index in [1.165, 1.54) is 6.92 Å². The van der Waals surface area contributed by atoms with Crippen molar-refractivity contribution in [3.05, 3.63) is 0 Å². The molecule has 182 valence electrons. The maximum absolute atomic E-state index is 12.9. The van der Waals surface area contributed by atoms with Gasteiger partial charge in [-0.15, -0.1) is 0 Å². The lowest BCUT2D eigenvalue weighted by Crippen LogP contribution is -2.62. The van der Waals surface area contributed by atoms with Crippen LogP contribution in [-0.4, -0.2) is 49.8 Å². The molecule has 8 atom stereocenters. The van der Waals surface area contributed by atoms with Crippen molar-refractivity contribution in [3.8, 4) is 0 Å². The molecule has 3 unspecified atom stereocenters. The second-order valence-electron chi connectivity index (χ2n) is 11.4. The summed E-state index contributed by atoms with van der Waals surface area (Å²) in [6.45, 7) is 5.43. The minimum atomic E-state index is -3.68. The molecular formula is C24H38O7S. The number of rotatable bonds is 5. The number of carbonyl (C=O) groups is 2. The Bertz CT molecular complexity index is 885. The Hall–Kier alpha value is -0.990. The third kappa shape index (κ3) is 3.84. The number of aliphatic hydroxyl groups is 1. The number of Topliss-reactive ketones (excluding diaryl/α,β-unsaturated/α-hetero) is 1. The lowest BCUT2D eigenvalue weighted by atomic mass is 9.43. The first-order valence-electron chi connectivity index (χ1n) is 12.1. The molecule has 0 aliphatic heterocycles. The summed E-state index contributed by atoms with van der Waals surface area (Å²) in [6, 6.07) is 0. The van der Waals surface area contributed by atoms with Gasteiger partial charge in [-0.1, -0.05) is 13.8 Å². The number of ketones is 1. The van der Waals surface area contributed by atoms with Crippen molar-refractivity contribution >= 4 is 21.9 Å². The Kier molecular flexibility index (Phi) is 6.07. The highest BCUT2D eigenvalue weighted by molar-refractivity contribution is 7.86. The first-order chi connectivity index (χ1) is 14.8. The van der Waals surface area contributed by atoms with E-state index >= 15 is 0 Å². The number of fused-ring (bicyclic) bond motifs is 5. The average molecular weight is 471 g/mol. The van der Waals surface area contributed by atoms with Crippen LogP contribution in [0.25, 0.3) is 0 Å². The third-order valence-electron chi connectivity index (χ3n) is 9.94. The molecular weight excluding hydrogens is 432 g/mol. The van der Waals surface area contributed by atoms with Crippen molar-refractivity contribution in [3.63, 3.8) is 0 Å². The highest BCUT2D eigenvalue weighted by Gasteiger charge is 2.68. The standard InChI is InChI=1S/C24H38O7S/c1-15(25)31-17-7-10-22(2)16(13-17)5-6-19-18(22)8-11-23(3)20(9-12-24(19,23)27)21(26)14-30-32(4,28)29/h16-20,27H,5-14H2,1-4H3/t16?,17-,18?,19?,20+,22-,23+,24-/m0/s1. The maximum atomic E-state index is 12.9. The zero-order valence-electron chi connectivity index (χ0n) is 19.8. The normalized spacial score (nSPS) is 46.0. The summed E-state index contributed by atoms with van der Waals surface area (Å²) in [5.74, 6) is 0.211. The Balaban J connectivity index is 1.53. The monoisotopic (exact) mass is 470 g/mol. The van der Waals surface area contributed by atoms with Crippen LogP contribution in [-0.2, 0) is 28.6 Å². The molecule has 0 spiro atoms. The Labute approximate surface area is 191 Å². The largest absolute Gasteiger partial charge is 0.463 e. The quantitative estimate of drug-likeness (QED) is 0.485. The zero-order chi connectivity index (χ0) is 23.5. The minimum absolute atomic E-state index is 0.00222. The molecule has 32 heavy (non-hydrogen) atoms. The second-order valence-corrected chi connectivity index (χ2v) is 13.0. The van der Waals surface area contributed by atoms with Gasteiger partial charge in [0, 0.05) is 18.3 Å². The zero-order valence-corrected chi connectivity index (χ0v) is 20.6. The number of esters is 1. The smallest absolute Gasteiger partial charge is 0.302 e. The van der Waals surface area contributed by atoms with E-state index in [4.69, 9.17) is 8.92 Å². The highest BCUT2D eigenvalue weighted by Crippen LogP contribution is 2.69. The molecule has 4 fully saturated rings. The predicted molar refractivity (Wildman–Crippen MR) is 118 cm³/mol. The van der Waals surface area contributed by atoms with Gasteiger partial charge in [-0.2, -0.15) is 8.42 Å². The molecule has 4 aliphatic rings. The van der Waals surface area contributed by atoms with Crippen LogP contribution in [0, 0.1) is 34.5 Å². The highest BCUT2D eigenvalue weighted by atomic mass is 32.2. The molecule has 7 nitrogen and oxygen atoms in total. The van der Waals surface area contributed by atoms with Crippen LogP contribution < -0.4 is 0 Å². The molecule has 4 saturated carbocycles. The van der Waals surface area contributed by atoms with Gasteiger partial charge in [0.15, 0.2) is 5.78 Å². The number of hydrogen-bond donors (Lipinski definition) is 1.